The minimum Gasteiger partial charge on any atom is -0.493 e. The van der Waals surface area contributed by atoms with E-state index in [4.69, 9.17) is 14.2 Å². The summed E-state index contributed by atoms with van der Waals surface area (Å²) < 4.78 is 16.6. The van der Waals surface area contributed by atoms with Gasteiger partial charge in [0.25, 0.3) is 0 Å². The molecule has 146 valence electrons. The lowest BCUT2D eigenvalue weighted by molar-refractivity contribution is 0.241. The maximum absolute atomic E-state index is 5.68. The van der Waals surface area contributed by atoms with Crippen molar-refractivity contribution in [1.82, 2.24) is 4.90 Å². The Bertz CT molecular complexity index is 824. The van der Waals surface area contributed by atoms with Crippen LogP contribution in [0.15, 0.2) is 72.8 Å². The first-order valence-electron chi connectivity index (χ1n) is 9.33. The van der Waals surface area contributed by atoms with Crippen molar-refractivity contribution in [2.75, 3.05) is 21.3 Å². The van der Waals surface area contributed by atoms with Crippen LogP contribution < -0.4 is 14.2 Å². The molecule has 0 aliphatic rings. The summed E-state index contributed by atoms with van der Waals surface area (Å²) in [5.74, 6) is 2.01. The summed E-state index contributed by atoms with van der Waals surface area (Å²) in [6.45, 7) is 2.41. The van der Waals surface area contributed by atoms with Gasteiger partial charge in [-0.3, -0.25) is 4.90 Å². The molecule has 0 fully saturated rings. The van der Waals surface area contributed by atoms with Gasteiger partial charge in [0.05, 0.1) is 21.3 Å². The third-order valence-electron chi connectivity index (χ3n) is 4.68. The zero-order chi connectivity index (χ0) is 19.8. The van der Waals surface area contributed by atoms with Crippen LogP contribution >= 0.6 is 0 Å². The third kappa shape index (κ3) is 4.84. The summed E-state index contributed by atoms with van der Waals surface area (Å²) in [4.78, 5) is 2.40. The van der Waals surface area contributed by atoms with Crippen molar-refractivity contribution in [3.63, 3.8) is 0 Å². The molecule has 0 atom stereocenters. The molecule has 0 saturated carbocycles. The first-order chi connectivity index (χ1) is 13.7. The molecule has 4 nitrogen and oxygen atoms in total. The van der Waals surface area contributed by atoms with Crippen LogP contribution in [0.25, 0.3) is 0 Å². The molecule has 0 N–H and O–H groups in total. The van der Waals surface area contributed by atoms with Gasteiger partial charge in [-0.15, -0.1) is 0 Å². The van der Waals surface area contributed by atoms with Gasteiger partial charge in [-0.25, -0.2) is 0 Å². The fourth-order valence-corrected chi connectivity index (χ4v) is 3.38. The molecule has 0 spiro atoms. The van der Waals surface area contributed by atoms with Gasteiger partial charge in [-0.1, -0.05) is 66.7 Å². The summed E-state index contributed by atoms with van der Waals surface area (Å²) in [6, 6.07) is 25.0. The maximum atomic E-state index is 5.68. The van der Waals surface area contributed by atoms with Crippen molar-refractivity contribution in [2.45, 2.75) is 19.6 Å². The Morgan fingerprint density at radius 1 is 0.571 bits per heavy atom. The number of ether oxygens (including phenoxy) is 3. The minimum absolute atomic E-state index is 0.627. The largest absolute Gasteiger partial charge is 0.493 e. The minimum atomic E-state index is 0.627. The van der Waals surface area contributed by atoms with E-state index in [1.807, 2.05) is 24.3 Å². The van der Waals surface area contributed by atoms with Crippen molar-refractivity contribution in [2.24, 2.45) is 0 Å². The normalized spacial score (nSPS) is 10.7. The maximum Gasteiger partial charge on any atom is 0.203 e. The van der Waals surface area contributed by atoms with Crippen LogP contribution in [0.1, 0.15) is 16.7 Å². The second-order valence-corrected chi connectivity index (χ2v) is 6.61. The van der Waals surface area contributed by atoms with Crippen molar-refractivity contribution >= 4 is 0 Å². The molecule has 4 heteroatoms. The smallest absolute Gasteiger partial charge is 0.203 e. The van der Waals surface area contributed by atoms with Gasteiger partial charge in [0.15, 0.2) is 11.5 Å². The van der Waals surface area contributed by atoms with Crippen LogP contribution in [-0.4, -0.2) is 26.2 Å². The van der Waals surface area contributed by atoms with Gasteiger partial charge < -0.3 is 14.2 Å². The number of methoxy groups -OCH3 is 3. The molecule has 0 saturated heterocycles. The van der Waals surface area contributed by atoms with Gasteiger partial charge in [0.1, 0.15) is 0 Å². The summed E-state index contributed by atoms with van der Waals surface area (Å²) in [7, 11) is 4.93. The van der Waals surface area contributed by atoms with E-state index in [9.17, 15) is 0 Å². The molecule has 28 heavy (non-hydrogen) atoms. The summed E-state index contributed by atoms with van der Waals surface area (Å²) in [6.07, 6.45) is 0. The lowest BCUT2D eigenvalue weighted by Gasteiger charge is -2.25. The van der Waals surface area contributed by atoms with E-state index in [1.165, 1.54) is 11.1 Å². The van der Waals surface area contributed by atoms with E-state index in [-0.39, 0.29) is 0 Å². The Morgan fingerprint density at radius 3 is 1.57 bits per heavy atom. The van der Waals surface area contributed by atoms with Gasteiger partial charge in [-0.05, 0) is 17.2 Å². The van der Waals surface area contributed by atoms with Crippen molar-refractivity contribution in [1.29, 1.82) is 0 Å². The molecular weight excluding hydrogens is 350 g/mol. The van der Waals surface area contributed by atoms with E-state index >= 15 is 0 Å². The van der Waals surface area contributed by atoms with E-state index < -0.39 is 0 Å². The van der Waals surface area contributed by atoms with E-state index in [0.29, 0.717) is 17.2 Å². The van der Waals surface area contributed by atoms with Crippen LogP contribution in [0.5, 0.6) is 17.2 Å². The molecular formula is C24H27NO3. The molecule has 0 aliphatic heterocycles. The SMILES string of the molecule is COc1ccc(CN(Cc2ccccc2)Cc2ccccc2)c(OC)c1OC. The average molecular weight is 377 g/mol. The third-order valence-corrected chi connectivity index (χ3v) is 4.68. The highest BCUT2D eigenvalue weighted by atomic mass is 16.5. The van der Waals surface area contributed by atoms with Crippen molar-refractivity contribution in [3.8, 4) is 17.2 Å². The summed E-state index contributed by atoms with van der Waals surface area (Å²) >= 11 is 0. The summed E-state index contributed by atoms with van der Waals surface area (Å²) in [5, 5.41) is 0. The van der Waals surface area contributed by atoms with Crippen LogP contribution in [0.2, 0.25) is 0 Å². The predicted molar refractivity (Wildman–Crippen MR) is 112 cm³/mol. The standard InChI is InChI=1S/C24H27NO3/c1-26-22-15-14-21(23(27-2)24(22)28-3)18-25(16-19-10-6-4-7-11-19)17-20-12-8-5-9-13-20/h4-15H,16-18H2,1-3H3. The molecule has 3 aromatic rings. The molecule has 0 radical (unpaired) electrons. The molecule has 0 aromatic heterocycles. The number of nitrogens with zero attached hydrogens (tertiary/aromatic N) is 1. The topological polar surface area (TPSA) is 30.9 Å². The lowest BCUT2D eigenvalue weighted by atomic mass is 10.1. The second-order valence-electron chi connectivity index (χ2n) is 6.61. The molecule has 3 aromatic carbocycles. The van der Waals surface area contributed by atoms with Crippen LogP contribution in [0.3, 0.4) is 0 Å². The second kappa shape index (κ2) is 9.81. The Kier molecular flexibility index (Phi) is 6.93. The van der Waals surface area contributed by atoms with Crippen LogP contribution in [0.4, 0.5) is 0 Å². The lowest BCUT2D eigenvalue weighted by Crippen LogP contribution is -2.22. The van der Waals surface area contributed by atoms with E-state index in [1.54, 1.807) is 21.3 Å². The highest BCUT2D eigenvalue weighted by Gasteiger charge is 2.18. The van der Waals surface area contributed by atoms with E-state index in [0.717, 1.165) is 25.2 Å². The van der Waals surface area contributed by atoms with Crippen molar-refractivity contribution in [3.05, 3.63) is 89.5 Å². The molecule has 0 unspecified atom stereocenters. The zero-order valence-corrected chi connectivity index (χ0v) is 16.7. The quantitative estimate of drug-likeness (QED) is 0.530. The summed E-state index contributed by atoms with van der Waals surface area (Å²) in [5.41, 5.74) is 3.61. The monoisotopic (exact) mass is 377 g/mol. The van der Waals surface area contributed by atoms with Gasteiger partial charge in [-0.2, -0.15) is 0 Å². The Balaban J connectivity index is 1.90. The zero-order valence-electron chi connectivity index (χ0n) is 16.7. The first kappa shape index (κ1) is 19.8. The van der Waals surface area contributed by atoms with Gasteiger partial charge >= 0.3 is 0 Å². The fourth-order valence-electron chi connectivity index (χ4n) is 3.38. The number of rotatable bonds is 9. The molecule has 3 rings (SSSR count). The van der Waals surface area contributed by atoms with Crippen LogP contribution in [0, 0.1) is 0 Å². The molecule has 0 heterocycles. The first-order valence-corrected chi connectivity index (χ1v) is 9.33. The molecule has 0 aliphatic carbocycles. The Hall–Kier alpha value is -2.98. The Labute approximate surface area is 167 Å². The molecule has 0 amide bonds. The number of benzene rings is 3. The van der Waals surface area contributed by atoms with Crippen molar-refractivity contribution < 1.29 is 14.2 Å². The highest BCUT2D eigenvalue weighted by molar-refractivity contribution is 5.55. The van der Waals surface area contributed by atoms with Gasteiger partial charge in [0, 0.05) is 25.2 Å². The predicted octanol–water partition coefficient (Wildman–Crippen LogP) is 4.91. The number of hydrogen-bond donors (Lipinski definition) is 0. The van der Waals surface area contributed by atoms with Crippen LogP contribution in [-0.2, 0) is 19.6 Å². The van der Waals surface area contributed by atoms with E-state index in [2.05, 4.69) is 53.4 Å². The number of hydrogen-bond acceptors (Lipinski definition) is 4. The highest BCUT2D eigenvalue weighted by Crippen LogP contribution is 2.40. The van der Waals surface area contributed by atoms with Gasteiger partial charge in [0.2, 0.25) is 5.75 Å². The Morgan fingerprint density at radius 2 is 1.11 bits per heavy atom. The average Bonchev–Trinajstić information content (AvgIpc) is 2.74. The molecule has 0 bridgehead atoms. The fraction of sp³-hybridized carbons (Fsp3) is 0.250.